The Morgan fingerprint density at radius 1 is 1.23 bits per heavy atom. The van der Waals surface area contributed by atoms with Gasteiger partial charge in [-0.25, -0.2) is 4.98 Å². The van der Waals surface area contributed by atoms with Crippen LogP contribution < -0.4 is 5.32 Å². The van der Waals surface area contributed by atoms with E-state index in [-0.39, 0.29) is 11.8 Å². The van der Waals surface area contributed by atoms with Gasteiger partial charge in [-0.05, 0) is 55.7 Å². The number of oxazole rings is 1. The van der Waals surface area contributed by atoms with E-state index in [1.54, 1.807) is 0 Å². The normalized spacial score (nSPS) is 14.2. The van der Waals surface area contributed by atoms with Crippen LogP contribution >= 0.6 is 0 Å². The Kier molecular flexibility index (Phi) is 2.96. The summed E-state index contributed by atoms with van der Waals surface area (Å²) in [6, 6.07) is 13.6. The number of aryl methyl sites for hydroxylation is 1. The molecular weight excluding hydrogens is 276 g/mol. The van der Waals surface area contributed by atoms with Crippen molar-refractivity contribution in [3.63, 3.8) is 0 Å². The van der Waals surface area contributed by atoms with Crippen LogP contribution in [0.15, 0.2) is 46.9 Å². The summed E-state index contributed by atoms with van der Waals surface area (Å²) in [5, 5.41) is 2.95. The smallest absolute Gasteiger partial charge is 0.227 e. The van der Waals surface area contributed by atoms with Crippen molar-refractivity contribution < 1.29 is 9.21 Å². The lowest BCUT2D eigenvalue weighted by Crippen LogP contribution is -2.13. The lowest BCUT2D eigenvalue weighted by molar-refractivity contribution is -0.117. The lowest BCUT2D eigenvalue weighted by Gasteiger charge is -2.05. The average molecular weight is 292 g/mol. The zero-order valence-electron chi connectivity index (χ0n) is 12.3. The lowest BCUT2D eigenvalue weighted by atomic mass is 10.2. The first-order chi connectivity index (χ1) is 10.7. The number of nitrogens with one attached hydrogen (secondary N) is 1. The van der Waals surface area contributed by atoms with Crippen molar-refractivity contribution in [3.05, 3.63) is 48.0 Å². The van der Waals surface area contributed by atoms with Gasteiger partial charge < -0.3 is 9.73 Å². The maximum atomic E-state index is 11.9. The molecule has 110 valence electrons. The van der Waals surface area contributed by atoms with Crippen LogP contribution in [0.2, 0.25) is 0 Å². The number of anilines is 1. The Bertz CT molecular complexity index is 862. The van der Waals surface area contributed by atoms with Gasteiger partial charge in [0, 0.05) is 17.2 Å². The molecule has 1 heterocycles. The molecule has 4 heteroatoms. The molecule has 22 heavy (non-hydrogen) atoms. The first kappa shape index (κ1) is 13.1. The fourth-order valence-electron chi connectivity index (χ4n) is 2.48. The molecule has 0 bridgehead atoms. The Morgan fingerprint density at radius 3 is 2.91 bits per heavy atom. The quantitative estimate of drug-likeness (QED) is 0.789. The number of nitrogens with zero attached hydrogens (tertiary/aromatic N) is 1. The topological polar surface area (TPSA) is 55.1 Å². The maximum absolute atomic E-state index is 11.9. The summed E-state index contributed by atoms with van der Waals surface area (Å²) in [4.78, 5) is 16.4. The fourth-order valence-corrected chi connectivity index (χ4v) is 2.48. The minimum Gasteiger partial charge on any atom is -0.436 e. The summed E-state index contributed by atoms with van der Waals surface area (Å²) in [7, 11) is 0. The number of fused-ring (bicyclic) bond motifs is 1. The fraction of sp³-hybridized carbons (Fsp3) is 0.222. The van der Waals surface area contributed by atoms with Gasteiger partial charge in [-0.15, -0.1) is 0 Å². The van der Waals surface area contributed by atoms with Crippen molar-refractivity contribution in [1.82, 2.24) is 4.98 Å². The van der Waals surface area contributed by atoms with Crippen LogP contribution in [0.25, 0.3) is 22.6 Å². The molecule has 0 radical (unpaired) electrons. The number of aromatic nitrogens is 1. The number of carbonyl (C=O) groups is 1. The zero-order chi connectivity index (χ0) is 15.1. The van der Waals surface area contributed by atoms with E-state index >= 15 is 0 Å². The van der Waals surface area contributed by atoms with Crippen molar-refractivity contribution in [2.24, 2.45) is 5.92 Å². The van der Waals surface area contributed by atoms with E-state index in [4.69, 9.17) is 4.42 Å². The van der Waals surface area contributed by atoms with E-state index in [2.05, 4.69) is 10.3 Å². The van der Waals surface area contributed by atoms with Crippen LogP contribution in [0.5, 0.6) is 0 Å². The molecule has 1 aromatic heterocycles. The van der Waals surface area contributed by atoms with Gasteiger partial charge >= 0.3 is 0 Å². The maximum Gasteiger partial charge on any atom is 0.227 e. The molecule has 4 rings (SSSR count). The molecule has 0 saturated heterocycles. The first-order valence-corrected chi connectivity index (χ1v) is 7.47. The molecule has 1 aliphatic carbocycles. The molecule has 0 aliphatic heterocycles. The van der Waals surface area contributed by atoms with Crippen molar-refractivity contribution in [1.29, 1.82) is 0 Å². The summed E-state index contributed by atoms with van der Waals surface area (Å²) in [5.74, 6) is 0.865. The second-order valence-electron chi connectivity index (χ2n) is 5.83. The second-order valence-corrected chi connectivity index (χ2v) is 5.83. The van der Waals surface area contributed by atoms with E-state index in [1.807, 2.05) is 49.4 Å². The molecule has 1 saturated carbocycles. The van der Waals surface area contributed by atoms with Gasteiger partial charge in [0.25, 0.3) is 0 Å². The standard InChI is InChI=1S/C18H16N2O2/c1-11-5-8-15-16(9-11)22-18(20-15)13-3-2-4-14(10-13)19-17(21)12-6-7-12/h2-5,8-10,12H,6-7H2,1H3,(H,19,21). The van der Waals surface area contributed by atoms with E-state index in [0.717, 1.165) is 40.8 Å². The summed E-state index contributed by atoms with van der Waals surface area (Å²) in [6.45, 7) is 2.02. The highest BCUT2D eigenvalue weighted by molar-refractivity contribution is 5.94. The van der Waals surface area contributed by atoms with E-state index in [1.165, 1.54) is 0 Å². The van der Waals surface area contributed by atoms with Gasteiger partial charge in [0.15, 0.2) is 5.58 Å². The van der Waals surface area contributed by atoms with Gasteiger partial charge in [-0.2, -0.15) is 0 Å². The number of benzene rings is 2. The third-order valence-electron chi connectivity index (χ3n) is 3.87. The molecule has 2 aromatic carbocycles. The van der Waals surface area contributed by atoms with Gasteiger partial charge in [-0.1, -0.05) is 12.1 Å². The van der Waals surface area contributed by atoms with Crippen LogP contribution in [0.4, 0.5) is 5.69 Å². The highest BCUT2D eigenvalue weighted by Crippen LogP contribution is 2.31. The average Bonchev–Trinajstić information content (AvgIpc) is 3.27. The molecule has 0 unspecified atom stereocenters. The van der Waals surface area contributed by atoms with Crippen molar-refractivity contribution in [2.75, 3.05) is 5.32 Å². The predicted molar refractivity (Wildman–Crippen MR) is 85.5 cm³/mol. The molecule has 4 nitrogen and oxygen atoms in total. The summed E-state index contributed by atoms with van der Waals surface area (Å²) in [6.07, 6.45) is 1.99. The number of carbonyl (C=O) groups excluding carboxylic acids is 1. The minimum absolute atomic E-state index is 0.102. The van der Waals surface area contributed by atoms with Crippen molar-refractivity contribution in [3.8, 4) is 11.5 Å². The van der Waals surface area contributed by atoms with Gasteiger partial charge in [-0.3, -0.25) is 4.79 Å². The van der Waals surface area contributed by atoms with Crippen LogP contribution in [-0.4, -0.2) is 10.9 Å². The number of hydrogen-bond acceptors (Lipinski definition) is 3. The first-order valence-electron chi connectivity index (χ1n) is 7.47. The summed E-state index contributed by atoms with van der Waals surface area (Å²) in [5.41, 5.74) is 4.41. The van der Waals surface area contributed by atoms with Crippen LogP contribution in [-0.2, 0) is 4.79 Å². The highest BCUT2D eigenvalue weighted by atomic mass is 16.3. The zero-order valence-corrected chi connectivity index (χ0v) is 12.3. The Morgan fingerprint density at radius 2 is 2.09 bits per heavy atom. The van der Waals surface area contributed by atoms with E-state index in [9.17, 15) is 4.79 Å². The van der Waals surface area contributed by atoms with Crippen LogP contribution in [0.3, 0.4) is 0 Å². The van der Waals surface area contributed by atoms with E-state index in [0.29, 0.717) is 5.89 Å². The van der Waals surface area contributed by atoms with Crippen molar-refractivity contribution >= 4 is 22.7 Å². The summed E-state index contributed by atoms with van der Waals surface area (Å²) >= 11 is 0. The number of hydrogen-bond donors (Lipinski definition) is 1. The molecule has 1 amide bonds. The van der Waals surface area contributed by atoms with Gasteiger partial charge in [0.1, 0.15) is 5.52 Å². The largest absolute Gasteiger partial charge is 0.436 e. The third-order valence-corrected chi connectivity index (χ3v) is 3.87. The number of amides is 1. The Balaban J connectivity index is 1.66. The molecule has 1 aliphatic rings. The molecule has 3 aromatic rings. The SMILES string of the molecule is Cc1ccc2nc(-c3cccc(NC(=O)C4CC4)c3)oc2c1. The Hall–Kier alpha value is -2.62. The second kappa shape index (κ2) is 4.98. The molecule has 0 atom stereocenters. The number of rotatable bonds is 3. The van der Waals surface area contributed by atoms with Gasteiger partial charge in [0.2, 0.25) is 11.8 Å². The predicted octanol–water partition coefficient (Wildman–Crippen LogP) is 4.15. The third kappa shape index (κ3) is 2.48. The van der Waals surface area contributed by atoms with Crippen molar-refractivity contribution in [2.45, 2.75) is 19.8 Å². The minimum atomic E-state index is 0.102. The van der Waals surface area contributed by atoms with Gasteiger partial charge in [0.05, 0.1) is 0 Å². The van der Waals surface area contributed by atoms with E-state index < -0.39 is 0 Å². The van der Waals surface area contributed by atoms with Crippen LogP contribution in [0.1, 0.15) is 18.4 Å². The molecule has 1 N–H and O–H groups in total. The van der Waals surface area contributed by atoms with Crippen LogP contribution in [0, 0.1) is 12.8 Å². The molecular formula is C18H16N2O2. The highest BCUT2D eigenvalue weighted by Gasteiger charge is 2.29. The molecule has 1 fully saturated rings. The summed E-state index contributed by atoms with van der Waals surface area (Å²) < 4.78 is 5.83. The molecule has 0 spiro atoms. The Labute approximate surface area is 128 Å². The monoisotopic (exact) mass is 292 g/mol.